The van der Waals surface area contributed by atoms with Gasteiger partial charge in [0, 0.05) is 25.0 Å². The number of carbonyl (C=O) groups is 1. The van der Waals surface area contributed by atoms with Crippen LogP contribution in [0, 0.1) is 0 Å². The molecule has 0 atom stereocenters. The van der Waals surface area contributed by atoms with Gasteiger partial charge in [0.15, 0.2) is 0 Å². The molecule has 0 bridgehead atoms. The van der Waals surface area contributed by atoms with Crippen molar-refractivity contribution < 1.29 is 19.0 Å². The smallest absolute Gasteiger partial charge is 0.306 e. The number of rotatable bonds is 22. The first kappa shape index (κ1) is 27.9. The summed E-state index contributed by atoms with van der Waals surface area (Å²) in [7, 11) is 0. The maximum Gasteiger partial charge on any atom is 0.306 e. The summed E-state index contributed by atoms with van der Waals surface area (Å²) in [5.74, 6) is -0.116. The number of hydrogen-bond acceptors (Lipinski definition) is 4. The molecule has 0 aliphatic carbocycles. The fourth-order valence-corrected chi connectivity index (χ4v) is 3.34. The van der Waals surface area contributed by atoms with Crippen molar-refractivity contribution in [2.75, 3.05) is 31.8 Å². The Balaban J connectivity index is 3.99. The van der Waals surface area contributed by atoms with E-state index in [1.165, 1.54) is 57.8 Å². The van der Waals surface area contributed by atoms with Crippen molar-refractivity contribution in [2.24, 2.45) is 0 Å². The van der Waals surface area contributed by atoms with Crippen LogP contribution in [0.25, 0.3) is 0 Å². The summed E-state index contributed by atoms with van der Waals surface area (Å²) in [5, 5.41) is 1.06. The van der Waals surface area contributed by atoms with Crippen molar-refractivity contribution in [1.29, 1.82) is 0 Å². The van der Waals surface area contributed by atoms with Gasteiger partial charge in [0.25, 0.3) is 0 Å². The molecule has 0 aromatic carbocycles. The van der Waals surface area contributed by atoms with Crippen molar-refractivity contribution in [1.82, 2.24) is 0 Å². The second-order valence-electron chi connectivity index (χ2n) is 7.59. The molecule has 0 heterocycles. The van der Waals surface area contributed by atoms with Crippen LogP contribution < -0.4 is 0 Å². The molecule has 4 nitrogen and oxygen atoms in total. The minimum atomic E-state index is -0.279. The van der Waals surface area contributed by atoms with Gasteiger partial charge in [-0.05, 0) is 25.7 Å². The second kappa shape index (κ2) is 23.2. The molecular weight excluding hydrogens is 420 g/mol. The molecule has 5 heteroatoms. The van der Waals surface area contributed by atoms with Crippen LogP contribution in [-0.4, -0.2) is 43.8 Å². The lowest BCUT2D eigenvalue weighted by Gasteiger charge is -2.18. The van der Waals surface area contributed by atoms with E-state index >= 15 is 0 Å². The highest BCUT2D eigenvalue weighted by Crippen LogP contribution is 2.09. The van der Waals surface area contributed by atoms with E-state index < -0.39 is 0 Å². The molecule has 0 N–H and O–H groups in total. The molecule has 0 aliphatic heterocycles. The van der Waals surface area contributed by atoms with Gasteiger partial charge >= 0.3 is 5.97 Å². The van der Waals surface area contributed by atoms with E-state index in [1.54, 1.807) is 0 Å². The average molecular weight is 466 g/mol. The third kappa shape index (κ3) is 20.6. The average Bonchev–Trinajstić information content (AvgIpc) is 2.69. The van der Waals surface area contributed by atoms with Crippen molar-refractivity contribution >= 4 is 21.9 Å². The molecule has 28 heavy (non-hydrogen) atoms. The van der Waals surface area contributed by atoms with Gasteiger partial charge in [-0.2, -0.15) is 0 Å². The molecule has 0 unspecified atom stereocenters. The summed E-state index contributed by atoms with van der Waals surface area (Å²) in [6.45, 7) is 6.76. The van der Waals surface area contributed by atoms with E-state index in [1.807, 2.05) is 0 Å². The van der Waals surface area contributed by atoms with Crippen molar-refractivity contribution in [2.45, 2.75) is 110 Å². The number of ether oxygens (including phenoxy) is 3. The van der Waals surface area contributed by atoms with E-state index in [9.17, 15) is 4.79 Å². The molecule has 0 saturated heterocycles. The molecule has 0 radical (unpaired) electrons. The van der Waals surface area contributed by atoms with Gasteiger partial charge in [0.2, 0.25) is 0 Å². The first-order valence-electron chi connectivity index (χ1n) is 11.7. The molecule has 0 aromatic rings. The van der Waals surface area contributed by atoms with E-state index in [2.05, 4.69) is 29.8 Å². The fourth-order valence-electron chi connectivity index (χ4n) is 2.95. The molecular formula is C23H45BrO4. The summed E-state index contributed by atoms with van der Waals surface area (Å²) in [4.78, 5) is 12.1. The Labute approximate surface area is 182 Å². The molecule has 0 rings (SSSR count). The predicted octanol–water partition coefficient (Wildman–Crippen LogP) is 6.83. The lowest BCUT2D eigenvalue weighted by atomic mass is 10.1. The van der Waals surface area contributed by atoms with E-state index in [-0.39, 0.29) is 12.1 Å². The van der Waals surface area contributed by atoms with Gasteiger partial charge in [-0.15, -0.1) is 0 Å². The summed E-state index contributed by atoms with van der Waals surface area (Å²) in [5.41, 5.74) is 0. The van der Waals surface area contributed by atoms with E-state index in [4.69, 9.17) is 14.2 Å². The van der Waals surface area contributed by atoms with Gasteiger partial charge in [-0.25, -0.2) is 0 Å². The van der Waals surface area contributed by atoms with Gasteiger partial charge in [-0.3, -0.25) is 4.79 Å². The Bertz CT molecular complexity index is 310. The number of unbranched alkanes of at least 4 members (excludes halogenated alkanes) is 10. The topological polar surface area (TPSA) is 44.8 Å². The summed E-state index contributed by atoms with van der Waals surface area (Å²) < 4.78 is 17.1. The van der Waals surface area contributed by atoms with Crippen LogP contribution in [0.3, 0.4) is 0 Å². The van der Waals surface area contributed by atoms with Crippen LogP contribution in [0.2, 0.25) is 0 Å². The monoisotopic (exact) mass is 464 g/mol. The molecule has 0 fully saturated rings. The number of carbonyl (C=O) groups excluding carboxylic acids is 1. The fraction of sp³-hybridized carbons (Fsp3) is 0.957. The van der Waals surface area contributed by atoms with Crippen LogP contribution in [0.4, 0.5) is 0 Å². The van der Waals surface area contributed by atoms with Crippen molar-refractivity contribution in [3.63, 3.8) is 0 Å². The number of alkyl halides is 1. The molecule has 168 valence electrons. The Kier molecular flexibility index (Phi) is 23.0. The summed E-state index contributed by atoms with van der Waals surface area (Å²) in [6.07, 6.45) is 15.3. The lowest BCUT2D eigenvalue weighted by molar-refractivity contribution is -0.156. The highest BCUT2D eigenvalue weighted by molar-refractivity contribution is 9.09. The van der Waals surface area contributed by atoms with Crippen LogP contribution in [-0.2, 0) is 19.0 Å². The van der Waals surface area contributed by atoms with Gasteiger partial charge < -0.3 is 14.2 Å². The van der Waals surface area contributed by atoms with Crippen molar-refractivity contribution in [3.8, 4) is 0 Å². The Hall–Kier alpha value is -0.130. The van der Waals surface area contributed by atoms with Gasteiger partial charge in [0.05, 0.1) is 13.2 Å². The number of halogens is 1. The van der Waals surface area contributed by atoms with E-state index in [0.717, 1.165) is 44.2 Å². The molecule has 0 saturated carbocycles. The zero-order valence-corrected chi connectivity index (χ0v) is 20.1. The third-order valence-corrected chi connectivity index (χ3v) is 5.27. The first-order chi connectivity index (χ1) is 13.7. The second-order valence-corrected chi connectivity index (χ2v) is 8.38. The van der Waals surface area contributed by atoms with Crippen molar-refractivity contribution in [3.05, 3.63) is 0 Å². The minimum absolute atomic E-state index is 0.116. The third-order valence-electron chi connectivity index (χ3n) is 4.70. The SMILES string of the molecule is CCCCCCOCC(COCCCCCC)OC(=O)CCCCCCCBr. The largest absolute Gasteiger partial charge is 0.457 e. The highest BCUT2D eigenvalue weighted by atomic mass is 79.9. The zero-order valence-electron chi connectivity index (χ0n) is 18.5. The summed E-state index contributed by atoms with van der Waals surface area (Å²) >= 11 is 3.45. The van der Waals surface area contributed by atoms with Crippen LogP contribution in [0.15, 0.2) is 0 Å². The lowest BCUT2D eigenvalue weighted by Crippen LogP contribution is -2.29. The Morgan fingerprint density at radius 1 is 0.714 bits per heavy atom. The van der Waals surface area contributed by atoms with Gasteiger partial charge in [0.1, 0.15) is 6.10 Å². The number of esters is 1. The molecule has 0 aromatic heterocycles. The normalized spacial score (nSPS) is 11.3. The minimum Gasteiger partial charge on any atom is -0.457 e. The van der Waals surface area contributed by atoms with Crippen LogP contribution >= 0.6 is 15.9 Å². The Morgan fingerprint density at radius 3 is 1.75 bits per heavy atom. The van der Waals surface area contributed by atoms with Crippen LogP contribution in [0.1, 0.15) is 104 Å². The Morgan fingerprint density at radius 2 is 1.21 bits per heavy atom. The summed E-state index contributed by atoms with van der Waals surface area (Å²) in [6, 6.07) is 0. The number of hydrogen-bond donors (Lipinski definition) is 0. The maximum absolute atomic E-state index is 12.1. The predicted molar refractivity (Wildman–Crippen MR) is 121 cm³/mol. The highest BCUT2D eigenvalue weighted by Gasteiger charge is 2.15. The first-order valence-corrected chi connectivity index (χ1v) is 12.8. The van der Waals surface area contributed by atoms with Gasteiger partial charge in [-0.1, -0.05) is 87.6 Å². The maximum atomic E-state index is 12.1. The molecule has 0 spiro atoms. The van der Waals surface area contributed by atoms with Crippen LogP contribution in [0.5, 0.6) is 0 Å². The standard InChI is InChI=1S/C23H45BrO4/c1-3-5-7-14-18-26-20-22(21-27-19-15-8-6-4-2)28-23(25)16-12-10-9-11-13-17-24/h22H,3-21H2,1-2H3. The molecule has 0 amide bonds. The quantitative estimate of drug-likeness (QED) is 0.0999. The zero-order chi connectivity index (χ0) is 20.7. The molecule has 0 aliphatic rings. The van der Waals surface area contributed by atoms with E-state index in [0.29, 0.717) is 19.6 Å².